The summed E-state index contributed by atoms with van der Waals surface area (Å²) in [5.41, 5.74) is 4.62. The molecule has 0 bridgehead atoms. The molecule has 5 rings (SSSR count). The van der Waals surface area contributed by atoms with Gasteiger partial charge in [-0.1, -0.05) is 12.1 Å². The van der Waals surface area contributed by atoms with E-state index in [1.54, 1.807) is 66.2 Å². The Hall–Kier alpha value is -4.73. The standard InChI is InChI=1S/C26H24N6O4/c1-15-16(2)30-32(17(15)3)23-13-25(28-18(4)27-23)35-20-11-9-19(10-12-20)29-24(33)14-31-21-7-5-6-8-22(21)36-26(31)34/h5-13H,14H2,1-4H3,(H,29,33). The number of rotatable bonds is 6. The summed E-state index contributed by atoms with van der Waals surface area (Å²) in [4.78, 5) is 33.5. The molecule has 0 saturated carbocycles. The molecule has 3 aromatic heterocycles. The van der Waals surface area contributed by atoms with E-state index in [1.807, 2.05) is 20.8 Å². The minimum Gasteiger partial charge on any atom is -0.439 e. The summed E-state index contributed by atoms with van der Waals surface area (Å²) in [6.07, 6.45) is 0. The molecule has 2 aromatic carbocycles. The fourth-order valence-electron chi connectivity index (χ4n) is 3.86. The molecule has 0 unspecified atom stereocenters. The molecule has 1 amide bonds. The van der Waals surface area contributed by atoms with Crippen LogP contribution < -0.4 is 15.8 Å². The van der Waals surface area contributed by atoms with Crippen LogP contribution in [0.25, 0.3) is 16.9 Å². The second-order valence-corrected chi connectivity index (χ2v) is 8.42. The van der Waals surface area contributed by atoms with Gasteiger partial charge in [-0.3, -0.25) is 9.36 Å². The predicted octanol–water partition coefficient (Wildman–Crippen LogP) is 4.23. The lowest BCUT2D eigenvalue weighted by Gasteiger charge is -2.10. The van der Waals surface area contributed by atoms with Crippen molar-refractivity contribution in [1.29, 1.82) is 0 Å². The van der Waals surface area contributed by atoms with Crippen molar-refractivity contribution in [2.24, 2.45) is 0 Å². The van der Waals surface area contributed by atoms with Crippen molar-refractivity contribution in [3.05, 3.63) is 87.9 Å². The van der Waals surface area contributed by atoms with Crippen LogP contribution in [0, 0.1) is 27.7 Å². The van der Waals surface area contributed by atoms with Gasteiger partial charge in [0.25, 0.3) is 0 Å². The number of aromatic nitrogens is 5. The highest BCUT2D eigenvalue weighted by atomic mass is 16.5. The van der Waals surface area contributed by atoms with Crippen molar-refractivity contribution in [3.8, 4) is 17.4 Å². The van der Waals surface area contributed by atoms with Gasteiger partial charge in [-0.2, -0.15) is 10.1 Å². The van der Waals surface area contributed by atoms with Crippen LogP contribution in [0.4, 0.5) is 5.69 Å². The summed E-state index contributed by atoms with van der Waals surface area (Å²) in [6, 6.07) is 15.6. The molecule has 1 N–H and O–H groups in total. The number of ether oxygens (including phenoxy) is 1. The number of benzene rings is 2. The Morgan fingerprint density at radius 3 is 2.50 bits per heavy atom. The van der Waals surface area contributed by atoms with Gasteiger partial charge in [0, 0.05) is 17.4 Å². The lowest BCUT2D eigenvalue weighted by Crippen LogP contribution is -2.24. The maximum Gasteiger partial charge on any atom is 0.420 e. The molecular formula is C26H24N6O4. The van der Waals surface area contributed by atoms with E-state index in [2.05, 4.69) is 20.4 Å². The predicted molar refractivity (Wildman–Crippen MR) is 134 cm³/mol. The maximum atomic E-state index is 12.5. The topological polar surface area (TPSA) is 117 Å². The minimum absolute atomic E-state index is 0.164. The average Bonchev–Trinajstić information content (AvgIpc) is 3.30. The van der Waals surface area contributed by atoms with Crippen molar-refractivity contribution in [2.75, 3.05) is 5.32 Å². The highest BCUT2D eigenvalue weighted by molar-refractivity contribution is 5.91. The van der Waals surface area contributed by atoms with Crippen LogP contribution in [-0.4, -0.2) is 30.2 Å². The molecule has 0 aliphatic carbocycles. The Morgan fingerprint density at radius 1 is 1.03 bits per heavy atom. The van der Waals surface area contributed by atoms with E-state index in [-0.39, 0.29) is 12.5 Å². The van der Waals surface area contributed by atoms with Crippen molar-refractivity contribution in [3.63, 3.8) is 0 Å². The number of carbonyl (C=O) groups excluding carboxylic acids is 1. The summed E-state index contributed by atoms with van der Waals surface area (Å²) in [5, 5.41) is 7.34. The first kappa shape index (κ1) is 23.0. The van der Waals surface area contributed by atoms with Gasteiger partial charge in [0.05, 0.1) is 11.2 Å². The summed E-state index contributed by atoms with van der Waals surface area (Å²) < 4.78 is 14.2. The number of aryl methyl sites for hydroxylation is 2. The fraction of sp³-hybridized carbons (Fsp3) is 0.192. The number of nitrogens with one attached hydrogen (secondary N) is 1. The second-order valence-electron chi connectivity index (χ2n) is 8.42. The number of anilines is 1. The summed E-state index contributed by atoms with van der Waals surface area (Å²) >= 11 is 0. The SMILES string of the molecule is Cc1nc(Oc2ccc(NC(=O)Cn3c(=O)oc4ccccc43)cc2)cc(-n2nc(C)c(C)c2C)n1. The quantitative estimate of drug-likeness (QED) is 0.383. The fourth-order valence-corrected chi connectivity index (χ4v) is 3.86. The molecule has 0 fully saturated rings. The molecule has 0 saturated heterocycles. The first-order valence-electron chi connectivity index (χ1n) is 11.3. The normalized spacial score (nSPS) is 11.1. The van der Waals surface area contributed by atoms with E-state index in [9.17, 15) is 9.59 Å². The second kappa shape index (κ2) is 9.14. The molecule has 0 aliphatic rings. The first-order valence-corrected chi connectivity index (χ1v) is 11.3. The number of hydrogen-bond acceptors (Lipinski definition) is 7. The van der Waals surface area contributed by atoms with E-state index < -0.39 is 5.76 Å². The number of carbonyl (C=O) groups is 1. The molecule has 36 heavy (non-hydrogen) atoms. The minimum atomic E-state index is -0.578. The highest BCUT2D eigenvalue weighted by Crippen LogP contribution is 2.24. The Balaban J connectivity index is 1.29. The monoisotopic (exact) mass is 484 g/mol. The number of oxazole rings is 1. The van der Waals surface area contributed by atoms with Gasteiger partial charge in [0.2, 0.25) is 11.8 Å². The molecule has 5 aromatic rings. The number of hydrogen-bond donors (Lipinski definition) is 1. The molecule has 0 aliphatic heterocycles. The van der Waals surface area contributed by atoms with E-state index >= 15 is 0 Å². The molecule has 0 spiro atoms. The largest absolute Gasteiger partial charge is 0.439 e. The Bertz CT molecular complexity index is 1650. The number of fused-ring (bicyclic) bond motifs is 1. The maximum absolute atomic E-state index is 12.5. The molecule has 3 heterocycles. The van der Waals surface area contributed by atoms with Gasteiger partial charge in [0.15, 0.2) is 11.4 Å². The van der Waals surface area contributed by atoms with Gasteiger partial charge in [-0.05, 0) is 69.7 Å². The van der Waals surface area contributed by atoms with E-state index in [1.165, 1.54) is 4.57 Å². The van der Waals surface area contributed by atoms with Crippen LogP contribution in [0.2, 0.25) is 0 Å². The van der Waals surface area contributed by atoms with Crippen molar-refractivity contribution >= 4 is 22.7 Å². The van der Waals surface area contributed by atoms with Crippen molar-refractivity contribution in [2.45, 2.75) is 34.2 Å². The van der Waals surface area contributed by atoms with Crippen LogP contribution in [0.5, 0.6) is 11.6 Å². The molecule has 182 valence electrons. The lowest BCUT2D eigenvalue weighted by molar-refractivity contribution is -0.116. The van der Waals surface area contributed by atoms with Crippen LogP contribution in [0.15, 0.2) is 63.8 Å². The smallest absolute Gasteiger partial charge is 0.420 e. The molecular weight excluding hydrogens is 460 g/mol. The zero-order chi connectivity index (χ0) is 25.4. The Labute approximate surface area is 206 Å². The number of amides is 1. The Kier molecular flexibility index (Phi) is 5.85. The summed E-state index contributed by atoms with van der Waals surface area (Å²) in [6.45, 7) is 7.60. The molecule has 0 radical (unpaired) electrons. The summed E-state index contributed by atoms with van der Waals surface area (Å²) in [5.74, 6) is 1.17. The Morgan fingerprint density at radius 2 is 1.78 bits per heavy atom. The molecule has 10 heteroatoms. The van der Waals surface area contributed by atoms with Crippen LogP contribution in [0.1, 0.15) is 22.8 Å². The summed E-state index contributed by atoms with van der Waals surface area (Å²) in [7, 11) is 0. The van der Waals surface area contributed by atoms with Crippen molar-refractivity contribution in [1.82, 2.24) is 24.3 Å². The number of para-hydroxylation sites is 2. The van der Waals surface area contributed by atoms with Gasteiger partial charge >= 0.3 is 5.76 Å². The first-order chi connectivity index (χ1) is 17.3. The van der Waals surface area contributed by atoms with Crippen LogP contribution in [0.3, 0.4) is 0 Å². The zero-order valence-electron chi connectivity index (χ0n) is 20.3. The average molecular weight is 485 g/mol. The third-order valence-electron chi connectivity index (χ3n) is 5.91. The lowest BCUT2D eigenvalue weighted by atomic mass is 10.2. The van der Waals surface area contributed by atoms with Gasteiger partial charge in [-0.15, -0.1) is 0 Å². The molecule has 10 nitrogen and oxygen atoms in total. The van der Waals surface area contributed by atoms with E-state index in [0.29, 0.717) is 40.1 Å². The van der Waals surface area contributed by atoms with Gasteiger partial charge < -0.3 is 14.5 Å². The van der Waals surface area contributed by atoms with E-state index in [0.717, 1.165) is 17.0 Å². The van der Waals surface area contributed by atoms with Crippen molar-refractivity contribution < 1.29 is 13.9 Å². The van der Waals surface area contributed by atoms with Gasteiger partial charge in [-0.25, -0.2) is 14.5 Å². The third-order valence-corrected chi connectivity index (χ3v) is 5.91. The molecule has 0 atom stereocenters. The van der Waals surface area contributed by atoms with E-state index in [4.69, 9.17) is 9.15 Å². The third kappa shape index (κ3) is 4.48. The van der Waals surface area contributed by atoms with Crippen LogP contribution >= 0.6 is 0 Å². The van der Waals surface area contributed by atoms with Gasteiger partial charge in [0.1, 0.15) is 18.1 Å². The highest BCUT2D eigenvalue weighted by Gasteiger charge is 2.14. The zero-order valence-corrected chi connectivity index (χ0v) is 20.3. The van der Waals surface area contributed by atoms with Crippen LogP contribution in [-0.2, 0) is 11.3 Å². The number of nitrogens with zero attached hydrogens (tertiary/aromatic N) is 5.